The van der Waals surface area contributed by atoms with E-state index < -0.39 is 5.97 Å². The van der Waals surface area contributed by atoms with Crippen molar-refractivity contribution < 1.29 is 14.3 Å². The van der Waals surface area contributed by atoms with Gasteiger partial charge in [-0.2, -0.15) is 10.3 Å². The van der Waals surface area contributed by atoms with Crippen molar-refractivity contribution >= 4 is 23.2 Å². The van der Waals surface area contributed by atoms with Crippen LogP contribution in [0.1, 0.15) is 70.0 Å². The normalized spacial score (nSPS) is 11.3. The largest absolute Gasteiger partial charge is 0.461 e. The number of rotatable bonds is 10. The molecule has 0 saturated carbocycles. The zero-order valence-corrected chi connectivity index (χ0v) is 23.0. The summed E-state index contributed by atoms with van der Waals surface area (Å²) in [5.41, 5.74) is 4.29. The van der Waals surface area contributed by atoms with E-state index in [-0.39, 0.29) is 12.5 Å². The number of aromatic nitrogens is 1. The van der Waals surface area contributed by atoms with Crippen molar-refractivity contribution in [1.29, 1.82) is 5.26 Å². The van der Waals surface area contributed by atoms with E-state index in [1.165, 1.54) is 11.3 Å². The summed E-state index contributed by atoms with van der Waals surface area (Å²) in [4.78, 5) is 32.0. The minimum absolute atomic E-state index is 0.255. The zero-order valence-electron chi connectivity index (χ0n) is 22.2. The molecule has 1 aromatic heterocycles. The molecule has 198 valence electrons. The average Bonchev–Trinajstić information content (AvgIpc) is 3.30. The first-order valence-corrected chi connectivity index (χ1v) is 14.0. The lowest BCUT2D eigenvalue weighted by atomic mass is 9.99. The zero-order chi connectivity index (χ0) is 27.6. The van der Waals surface area contributed by atoms with Gasteiger partial charge in [0.1, 0.15) is 5.69 Å². The third-order valence-corrected chi connectivity index (χ3v) is 7.46. The molecule has 0 radical (unpaired) electrons. The molecule has 0 aliphatic rings. The molecule has 0 aliphatic carbocycles. The molecule has 39 heavy (non-hydrogen) atoms. The highest BCUT2D eigenvalue weighted by molar-refractivity contribution is 7.09. The van der Waals surface area contributed by atoms with Gasteiger partial charge in [-0.05, 0) is 54.7 Å². The lowest BCUT2D eigenvalue weighted by molar-refractivity contribution is 0.0512. The second kappa shape index (κ2) is 13.5. The van der Waals surface area contributed by atoms with Crippen LogP contribution in [0.4, 0.5) is 0 Å². The van der Waals surface area contributed by atoms with Crippen molar-refractivity contribution in [2.75, 3.05) is 6.61 Å². The van der Waals surface area contributed by atoms with Gasteiger partial charge >= 0.3 is 5.97 Å². The summed E-state index contributed by atoms with van der Waals surface area (Å²) in [5.74, 6) is -0.766. The summed E-state index contributed by atoms with van der Waals surface area (Å²) in [6.07, 6.45) is 3.75. The molecule has 0 bridgehead atoms. The number of hydrogen-bond acceptors (Lipinski definition) is 5. The molecule has 7 heteroatoms. The Morgan fingerprint density at radius 1 is 0.949 bits per heavy atom. The van der Waals surface area contributed by atoms with Gasteiger partial charge in [-0.15, -0.1) is 11.3 Å². The van der Waals surface area contributed by atoms with Gasteiger partial charge in [-0.3, -0.25) is 4.79 Å². The average molecular weight is 538 g/mol. The Morgan fingerprint density at radius 2 is 1.67 bits per heavy atom. The number of aryl methyl sites for hydroxylation is 1. The number of esters is 1. The Hall–Kier alpha value is -4.28. The van der Waals surface area contributed by atoms with Crippen LogP contribution in [-0.2, 0) is 17.7 Å². The Bertz CT molecular complexity index is 1540. The fourth-order valence-electron chi connectivity index (χ4n) is 4.35. The van der Waals surface area contributed by atoms with Crippen molar-refractivity contribution in [3.05, 3.63) is 111 Å². The summed E-state index contributed by atoms with van der Waals surface area (Å²) >= 11 is 1.38. The second-order valence-electron chi connectivity index (χ2n) is 9.06. The molecule has 0 saturated heterocycles. The van der Waals surface area contributed by atoms with E-state index in [9.17, 15) is 14.9 Å². The predicted octanol–water partition coefficient (Wildman–Crippen LogP) is 6.79. The van der Waals surface area contributed by atoms with Crippen LogP contribution in [0.25, 0.3) is 11.1 Å². The van der Waals surface area contributed by atoms with Gasteiger partial charge in [0, 0.05) is 10.4 Å². The maximum Gasteiger partial charge on any atom is 0.356 e. The van der Waals surface area contributed by atoms with E-state index in [4.69, 9.17) is 4.74 Å². The van der Waals surface area contributed by atoms with Gasteiger partial charge in [-0.25, -0.2) is 4.79 Å². The van der Waals surface area contributed by atoms with Crippen molar-refractivity contribution in [3.8, 4) is 17.2 Å². The number of hydrogen-bond donors (Lipinski definition) is 0. The van der Waals surface area contributed by atoms with Crippen LogP contribution in [0.5, 0.6) is 0 Å². The number of benzene rings is 3. The number of thiazole rings is 1. The molecule has 0 N–H and O–H groups in total. The molecule has 6 nitrogen and oxygen atoms in total. The van der Waals surface area contributed by atoms with E-state index in [0.29, 0.717) is 34.6 Å². The van der Waals surface area contributed by atoms with Crippen LogP contribution in [0, 0.1) is 11.3 Å². The van der Waals surface area contributed by atoms with Crippen molar-refractivity contribution in [2.45, 2.75) is 46.1 Å². The Kier molecular flexibility index (Phi) is 9.60. The van der Waals surface area contributed by atoms with Crippen LogP contribution >= 0.6 is 11.3 Å². The third kappa shape index (κ3) is 6.78. The Balaban J connectivity index is 1.78. The topological polar surface area (TPSA) is 84.5 Å². The summed E-state index contributed by atoms with van der Waals surface area (Å²) < 4.78 is 7.26. The smallest absolute Gasteiger partial charge is 0.356 e. The number of carbonyl (C=O) groups is 2. The highest BCUT2D eigenvalue weighted by Gasteiger charge is 2.22. The number of nitriles is 1. The van der Waals surface area contributed by atoms with Gasteiger partial charge in [0.05, 0.1) is 24.8 Å². The highest BCUT2D eigenvalue weighted by Crippen LogP contribution is 2.25. The first-order chi connectivity index (χ1) is 19.0. The van der Waals surface area contributed by atoms with Crippen molar-refractivity contribution in [2.24, 2.45) is 4.99 Å². The van der Waals surface area contributed by atoms with Crippen LogP contribution in [0.3, 0.4) is 0 Å². The molecule has 4 aromatic rings. The third-order valence-electron chi connectivity index (χ3n) is 6.33. The van der Waals surface area contributed by atoms with E-state index in [2.05, 4.69) is 18.0 Å². The quantitative estimate of drug-likeness (QED) is 0.165. The summed E-state index contributed by atoms with van der Waals surface area (Å²) in [6, 6.07) is 26.5. The fourth-order valence-corrected chi connectivity index (χ4v) is 5.51. The second-order valence-corrected chi connectivity index (χ2v) is 10.1. The monoisotopic (exact) mass is 537 g/mol. The summed E-state index contributed by atoms with van der Waals surface area (Å²) in [7, 11) is 0. The van der Waals surface area contributed by atoms with E-state index in [1.807, 2.05) is 53.1 Å². The van der Waals surface area contributed by atoms with E-state index in [1.54, 1.807) is 37.3 Å². The molecule has 3 aromatic carbocycles. The lowest BCUT2D eigenvalue weighted by Gasteiger charge is -2.11. The molecule has 0 atom stereocenters. The van der Waals surface area contributed by atoms with Gasteiger partial charge in [-0.1, -0.05) is 80.4 Å². The molecule has 0 unspecified atom stereocenters. The number of carbonyl (C=O) groups excluding carboxylic acids is 2. The Morgan fingerprint density at radius 3 is 2.36 bits per heavy atom. The molecule has 0 spiro atoms. The first-order valence-electron chi connectivity index (χ1n) is 13.2. The van der Waals surface area contributed by atoms with E-state index >= 15 is 0 Å². The number of ether oxygens (including phenoxy) is 1. The first kappa shape index (κ1) is 27.7. The minimum Gasteiger partial charge on any atom is -0.461 e. The predicted molar refractivity (Wildman–Crippen MR) is 154 cm³/mol. The van der Waals surface area contributed by atoms with Crippen LogP contribution in [0.15, 0.2) is 83.9 Å². The van der Waals surface area contributed by atoms with Crippen LogP contribution in [0.2, 0.25) is 0 Å². The van der Waals surface area contributed by atoms with Crippen LogP contribution < -0.4 is 4.80 Å². The Labute approximate surface area is 232 Å². The van der Waals surface area contributed by atoms with Gasteiger partial charge < -0.3 is 9.30 Å². The molecular weight excluding hydrogens is 506 g/mol. The summed E-state index contributed by atoms with van der Waals surface area (Å²) in [5, 5.41) is 9.49. The molecule has 4 rings (SSSR count). The van der Waals surface area contributed by atoms with Gasteiger partial charge in [0.25, 0.3) is 5.91 Å². The standard InChI is InChI=1S/C32H31N3O3S/c1-3-5-7-16-28-29(31(37)38-4-2)35(32(39-28)34-30(36)25-12-8-6-9-13-25)22-23-17-19-24(20-18-23)27-15-11-10-14-26(27)21-33/h6,8-15,17-20H,3-5,7,16,22H2,1-2H3. The number of nitrogens with zero attached hydrogens (tertiary/aromatic N) is 3. The maximum absolute atomic E-state index is 13.2. The molecule has 0 aliphatic heterocycles. The lowest BCUT2D eigenvalue weighted by Crippen LogP contribution is -2.23. The van der Waals surface area contributed by atoms with Crippen molar-refractivity contribution in [3.63, 3.8) is 0 Å². The minimum atomic E-state index is -0.409. The fraction of sp³-hybridized carbons (Fsp3) is 0.250. The number of unbranched alkanes of at least 4 members (excludes halogenated alkanes) is 2. The number of amides is 1. The maximum atomic E-state index is 13.2. The SMILES string of the molecule is CCCCCc1sc(=NC(=O)c2ccccc2)n(Cc2ccc(-c3ccccc3C#N)cc2)c1C(=O)OCC. The highest BCUT2D eigenvalue weighted by atomic mass is 32.1. The van der Waals surface area contributed by atoms with Gasteiger partial charge in [0.2, 0.25) is 0 Å². The van der Waals surface area contributed by atoms with E-state index in [0.717, 1.165) is 40.8 Å². The molecular formula is C32H31N3O3S. The summed E-state index contributed by atoms with van der Waals surface area (Å²) in [6.45, 7) is 4.53. The van der Waals surface area contributed by atoms with Crippen LogP contribution in [-0.4, -0.2) is 23.1 Å². The van der Waals surface area contributed by atoms with Gasteiger partial charge in [0.15, 0.2) is 4.80 Å². The molecule has 0 fully saturated rings. The van der Waals surface area contributed by atoms with Crippen molar-refractivity contribution in [1.82, 2.24) is 4.57 Å². The molecule has 1 heterocycles. The molecule has 1 amide bonds.